The normalized spacial score (nSPS) is 11.0. The number of rotatable bonds is 8. The summed E-state index contributed by atoms with van der Waals surface area (Å²) in [5.41, 5.74) is 2.44. The summed E-state index contributed by atoms with van der Waals surface area (Å²) in [6.07, 6.45) is 5.07. The lowest BCUT2D eigenvalue weighted by Crippen LogP contribution is -2.13. The molecule has 2 aromatic heterocycles. The van der Waals surface area contributed by atoms with Crippen LogP contribution in [0, 0.1) is 12.3 Å². The van der Waals surface area contributed by atoms with Crippen LogP contribution in [-0.4, -0.2) is 42.1 Å². The molecule has 0 fully saturated rings. The molecule has 0 spiro atoms. The van der Waals surface area contributed by atoms with Crippen molar-refractivity contribution < 1.29 is 14.7 Å². The molecule has 0 saturated carbocycles. The minimum absolute atomic E-state index is 0.0192. The number of oxime groups is 1. The summed E-state index contributed by atoms with van der Waals surface area (Å²) in [6, 6.07) is 12.9. The molecule has 0 radical (unpaired) electrons. The van der Waals surface area contributed by atoms with Gasteiger partial charge in [-0.25, -0.2) is 14.5 Å². The maximum atomic E-state index is 11.1. The predicted octanol–water partition coefficient (Wildman–Crippen LogP) is 2.23. The molecule has 1 aromatic carbocycles. The number of nitrogens with one attached hydrogen (secondary N) is 1. The van der Waals surface area contributed by atoms with Crippen molar-refractivity contribution in [2.75, 3.05) is 5.32 Å². The highest BCUT2D eigenvalue weighted by atomic mass is 16.6. The third kappa shape index (κ3) is 5.17. The summed E-state index contributed by atoms with van der Waals surface area (Å²) in [5.74, 6) is 3.19. The van der Waals surface area contributed by atoms with E-state index < -0.39 is 6.09 Å². The van der Waals surface area contributed by atoms with E-state index in [1.165, 1.54) is 4.68 Å². The Morgan fingerprint density at radius 1 is 1.30 bits per heavy atom. The van der Waals surface area contributed by atoms with Gasteiger partial charge in [-0.05, 0) is 28.5 Å². The van der Waals surface area contributed by atoms with Gasteiger partial charge in [-0.1, -0.05) is 41.6 Å². The lowest BCUT2D eigenvalue weighted by atomic mass is 10.1. The van der Waals surface area contributed by atoms with Crippen LogP contribution in [0.25, 0.3) is 0 Å². The van der Waals surface area contributed by atoms with Gasteiger partial charge in [0.1, 0.15) is 5.82 Å². The van der Waals surface area contributed by atoms with Gasteiger partial charge in [0.15, 0.2) is 12.3 Å². The smallest absolute Gasteiger partial charge is 0.410 e. The minimum atomic E-state index is -1.21. The van der Waals surface area contributed by atoms with Crippen LogP contribution >= 0.6 is 0 Å². The molecule has 3 aromatic rings. The van der Waals surface area contributed by atoms with Gasteiger partial charge in [-0.2, -0.15) is 0 Å². The Kier molecular flexibility index (Phi) is 6.68. The van der Waals surface area contributed by atoms with Gasteiger partial charge in [0.25, 0.3) is 0 Å². The molecular formula is C20H19N7O3. The van der Waals surface area contributed by atoms with Crippen molar-refractivity contribution in [1.82, 2.24) is 25.2 Å². The fraction of sp³-hybridized carbons (Fsp3) is 0.200. The number of carbonyl (C=O) groups is 1. The van der Waals surface area contributed by atoms with Crippen LogP contribution in [0.4, 0.5) is 10.6 Å². The van der Waals surface area contributed by atoms with E-state index in [9.17, 15) is 4.79 Å². The maximum Gasteiger partial charge on any atom is 0.410 e. The summed E-state index contributed by atoms with van der Waals surface area (Å²) in [6.45, 7) is 0.0192. The first-order chi connectivity index (χ1) is 14.6. The van der Waals surface area contributed by atoms with Crippen molar-refractivity contribution in [3.05, 3.63) is 65.1 Å². The highest BCUT2D eigenvalue weighted by Gasteiger charge is 2.15. The van der Waals surface area contributed by atoms with Crippen LogP contribution in [0.15, 0.2) is 47.6 Å². The molecule has 0 atom stereocenters. The van der Waals surface area contributed by atoms with E-state index in [1.807, 2.05) is 30.3 Å². The Labute approximate surface area is 172 Å². The summed E-state index contributed by atoms with van der Waals surface area (Å²) >= 11 is 0. The molecular weight excluding hydrogens is 386 g/mol. The minimum Gasteiger partial charge on any atom is -0.465 e. The number of aryl methyl sites for hydroxylation is 2. The van der Waals surface area contributed by atoms with Crippen LogP contribution in [-0.2, 0) is 24.9 Å². The van der Waals surface area contributed by atoms with Crippen molar-refractivity contribution in [2.24, 2.45) is 12.2 Å². The van der Waals surface area contributed by atoms with Gasteiger partial charge < -0.3 is 9.94 Å². The van der Waals surface area contributed by atoms with Crippen molar-refractivity contribution in [3.63, 3.8) is 0 Å². The monoisotopic (exact) mass is 405 g/mol. The summed E-state index contributed by atoms with van der Waals surface area (Å²) in [7, 11) is 1.70. The van der Waals surface area contributed by atoms with E-state index in [0.29, 0.717) is 35.6 Å². The Morgan fingerprint density at radius 2 is 2.10 bits per heavy atom. The number of benzene rings is 1. The van der Waals surface area contributed by atoms with Crippen molar-refractivity contribution >= 4 is 17.6 Å². The second kappa shape index (κ2) is 9.79. The Hall–Kier alpha value is -4.26. The summed E-state index contributed by atoms with van der Waals surface area (Å²) < 4.78 is 1.49. The molecule has 0 bridgehead atoms. The number of hydrogen-bond acceptors (Lipinski definition) is 7. The van der Waals surface area contributed by atoms with Crippen LogP contribution in [0.2, 0.25) is 0 Å². The third-order valence-corrected chi connectivity index (χ3v) is 4.05. The van der Waals surface area contributed by atoms with Crippen molar-refractivity contribution in [1.29, 1.82) is 0 Å². The molecule has 0 unspecified atom stereocenters. The quantitative estimate of drug-likeness (QED) is 0.334. The first-order valence-corrected chi connectivity index (χ1v) is 8.98. The number of hydrogen-bond donors (Lipinski definition) is 2. The standard InChI is InChI=1S/C20H19N7O3/c1-3-4-8-15-11-12-16(21-18(15)22-20(28)29)13-30-24-17(14-9-6-5-7-10-14)19-23-25-26-27(19)2/h1,5-7,9-12H,4,8,13H2,2H3,(H,21,22)(H,28,29)/b24-17-. The van der Waals surface area contributed by atoms with Gasteiger partial charge in [0.2, 0.25) is 5.82 Å². The molecule has 0 aliphatic rings. The Bertz CT molecular complexity index is 1090. The summed E-state index contributed by atoms with van der Waals surface area (Å²) in [5, 5.41) is 27.0. The third-order valence-electron chi connectivity index (χ3n) is 4.05. The SMILES string of the molecule is C#CCCc1ccc(CO/N=C(/c2ccccc2)c2nnnn2C)nc1NC(=O)O. The zero-order valence-corrected chi connectivity index (χ0v) is 16.2. The average molecular weight is 405 g/mol. The van der Waals surface area contributed by atoms with Gasteiger partial charge in [-0.3, -0.25) is 5.32 Å². The lowest BCUT2D eigenvalue weighted by Gasteiger charge is -2.10. The maximum absolute atomic E-state index is 11.1. The zero-order chi connectivity index (χ0) is 21.3. The topological polar surface area (TPSA) is 127 Å². The fourth-order valence-corrected chi connectivity index (χ4v) is 2.64. The van der Waals surface area contributed by atoms with E-state index in [2.05, 4.69) is 36.9 Å². The molecule has 1 amide bonds. The predicted molar refractivity (Wildman–Crippen MR) is 109 cm³/mol. The largest absolute Gasteiger partial charge is 0.465 e. The van der Waals surface area contributed by atoms with E-state index in [0.717, 1.165) is 5.56 Å². The summed E-state index contributed by atoms with van der Waals surface area (Å²) in [4.78, 5) is 20.9. The average Bonchev–Trinajstić information content (AvgIpc) is 3.16. The molecule has 3 rings (SSSR count). The molecule has 30 heavy (non-hydrogen) atoms. The lowest BCUT2D eigenvalue weighted by molar-refractivity contribution is 0.128. The molecule has 0 aliphatic heterocycles. The highest BCUT2D eigenvalue weighted by Crippen LogP contribution is 2.17. The number of aromatic nitrogens is 5. The number of terminal acetylenes is 1. The van der Waals surface area contributed by atoms with Gasteiger partial charge >= 0.3 is 6.09 Å². The van der Waals surface area contributed by atoms with E-state index in [4.69, 9.17) is 16.4 Å². The van der Waals surface area contributed by atoms with Crippen molar-refractivity contribution in [2.45, 2.75) is 19.4 Å². The zero-order valence-electron chi connectivity index (χ0n) is 16.2. The fourth-order valence-electron chi connectivity index (χ4n) is 2.64. The number of nitrogens with zero attached hydrogens (tertiary/aromatic N) is 6. The Balaban J connectivity index is 1.82. The Morgan fingerprint density at radius 3 is 2.77 bits per heavy atom. The van der Waals surface area contributed by atoms with Crippen molar-refractivity contribution in [3.8, 4) is 12.3 Å². The van der Waals surface area contributed by atoms with Crippen LogP contribution < -0.4 is 5.32 Å². The van der Waals surface area contributed by atoms with Gasteiger partial charge in [0.05, 0.1) is 5.69 Å². The highest BCUT2D eigenvalue weighted by molar-refractivity contribution is 6.10. The molecule has 2 N–H and O–H groups in total. The molecule has 0 aliphatic carbocycles. The first kappa shape index (κ1) is 20.5. The number of amides is 1. The van der Waals surface area contributed by atoms with Crippen LogP contribution in [0.1, 0.15) is 29.1 Å². The molecule has 2 heterocycles. The number of pyridine rings is 1. The molecule has 152 valence electrons. The van der Waals surface area contributed by atoms with E-state index in [1.54, 1.807) is 19.2 Å². The van der Waals surface area contributed by atoms with Gasteiger partial charge in [0, 0.05) is 19.0 Å². The van der Waals surface area contributed by atoms with E-state index >= 15 is 0 Å². The molecule has 0 saturated heterocycles. The van der Waals surface area contributed by atoms with Crippen LogP contribution in [0.3, 0.4) is 0 Å². The first-order valence-electron chi connectivity index (χ1n) is 8.98. The number of anilines is 1. The van der Waals surface area contributed by atoms with Crippen LogP contribution in [0.5, 0.6) is 0 Å². The second-order valence-electron chi connectivity index (χ2n) is 6.15. The number of tetrazole rings is 1. The second-order valence-corrected chi connectivity index (χ2v) is 6.15. The van der Waals surface area contributed by atoms with E-state index in [-0.39, 0.29) is 12.4 Å². The van der Waals surface area contributed by atoms with Gasteiger partial charge in [-0.15, -0.1) is 17.4 Å². The molecule has 10 heteroatoms. The molecule has 10 nitrogen and oxygen atoms in total. The number of carboxylic acid groups (broad SMARTS) is 1.